The molecule has 2 atom stereocenters. The lowest BCUT2D eigenvalue weighted by Crippen LogP contribution is -2.35. The molecule has 1 aliphatic rings. The minimum Gasteiger partial charge on any atom is -0.444 e. The largest absolute Gasteiger partial charge is 0.444 e. The van der Waals surface area contributed by atoms with Crippen LogP contribution in [-0.4, -0.2) is 48.4 Å². The molecule has 0 saturated carbocycles. The van der Waals surface area contributed by atoms with Crippen LogP contribution in [0.5, 0.6) is 0 Å². The molecule has 190 valence electrons. The summed E-state index contributed by atoms with van der Waals surface area (Å²) in [4.78, 5) is 27.6. The van der Waals surface area contributed by atoms with E-state index in [4.69, 9.17) is 4.74 Å². The first-order valence-corrected chi connectivity index (χ1v) is 13.4. The summed E-state index contributed by atoms with van der Waals surface area (Å²) in [5, 5.41) is 12.7. The van der Waals surface area contributed by atoms with Gasteiger partial charge in [-0.2, -0.15) is 0 Å². The number of nitrogens with zero attached hydrogens (tertiary/aromatic N) is 1. The van der Waals surface area contributed by atoms with Crippen LogP contribution in [0.2, 0.25) is 0 Å². The predicted molar refractivity (Wildman–Crippen MR) is 133 cm³/mol. The number of aliphatic hydroxyl groups excluding tert-OH is 1. The summed E-state index contributed by atoms with van der Waals surface area (Å²) < 4.78 is 29.6. The van der Waals surface area contributed by atoms with Gasteiger partial charge in [0.2, 0.25) is 0 Å². The zero-order chi connectivity index (χ0) is 26.0. The van der Waals surface area contributed by atoms with E-state index in [1.807, 2.05) is 33.8 Å². The van der Waals surface area contributed by atoms with Gasteiger partial charge in [0.25, 0.3) is 5.91 Å². The van der Waals surface area contributed by atoms with Crippen LogP contribution in [0.4, 0.5) is 4.79 Å². The van der Waals surface area contributed by atoms with Crippen molar-refractivity contribution in [2.24, 2.45) is 0 Å². The number of carbonyl (C=O) groups excluding carboxylic acids is 2. The van der Waals surface area contributed by atoms with Gasteiger partial charge in [0.1, 0.15) is 5.60 Å². The Bertz CT molecular complexity index is 1190. The van der Waals surface area contributed by atoms with Crippen molar-refractivity contribution in [1.29, 1.82) is 0 Å². The van der Waals surface area contributed by atoms with E-state index in [-0.39, 0.29) is 35.3 Å². The molecular formula is C26H34N2O6S. The first-order chi connectivity index (χ1) is 16.4. The molecular weight excluding hydrogens is 468 g/mol. The topological polar surface area (TPSA) is 113 Å². The van der Waals surface area contributed by atoms with Gasteiger partial charge < -0.3 is 15.2 Å². The quantitative estimate of drug-likeness (QED) is 0.588. The van der Waals surface area contributed by atoms with Crippen molar-refractivity contribution in [3.05, 3.63) is 64.7 Å². The molecule has 9 heteroatoms. The zero-order valence-corrected chi connectivity index (χ0v) is 21.7. The van der Waals surface area contributed by atoms with Crippen molar-refractivity contribution in [3.8, 4) is 0 Å². The van der Waals surface area contributed by atoms with Crippen LogP contribution < -0.4 is 5.32 Å². The Morgan fingerprint density at radius 2 is 1.80 bits per heavy atom. The van der Waals surface area contributed by atoms with Gasteiger partial charge in [-0.15, -0.1) is 0 Å². The zero-order valence-electron chi connectivity index (χ0n) is 20.9. The third-order valence-corrected chi connectivity index (χ3v) is 7.76. The van der Waals surface area contributed by atoms with Crippen LogP contribution in [0, 0.1) is 0 Å². The number of benzene rings is 2. The van der Waals surface area contributed by atoms with Gasteiger partial charge in [-0.3, -0.25) is 9.69 Å². The Hall–Kier alpha value is -2.91. The van der Waals surface area contributed by atoms with Gasteiger partial charge in [-0.05, 0) is 68.1 Å². The highest BCUT2D eigenvalue weighted by atomic mass is 32.2. The minimum absolute atomic E-state index is 0.00488. The number of nitrogens with one attached hydrogen (secondary N) is 1. The fraction of sp³-hybridized carbons (Fsp3) is 0.462. The molecule has 0 unspecified atom stereocenters. The molecule has 0 saturated heterocycles. The van der Waals surface area contributed by atoms with Crippen LogP contribution >= 0.6 is 0 Å². The van der Waals surface area contributed by atoms with Crippen LogP contribution in [0.15, 0.2) is 47.4 Å². The molecule has 1 heterocycles. The molecule has 2 amide bonds. The molecule has 2 aromatic carbocycles. The van der Waals surface area contributed by atoms with Crippen LogP contribution in [0.1, 0.15) is 80.2 Å². The van der Waals surface area contributed by atoms with E-state index in [1.165, 1.54) is 12.1 Å². The Kier molecular flexibility index (Phi) is 7.91. The number of ether oxygens (including phenoxy) is 1. The van der Waals surface area contributed by atoms with Gasteiger partial charge in [0, 0.05) is 5.56 Å². The van der Waals surface area contributed by atoms with E-state index in [1.54, 1.807) is 36.1 Å². The van der Waals surface area contributed by atoms with Crippen molar-refractivity contribution in [1.82, 2.24) is 10.2 Å². The lowest BCUT2D eigenvalue weighted by atomic mass is 10.00. The summed E-state index contributed by atoms with van der Waals surface area (Å²) in [5.74, 6) is -0.379. The average Bonchev–Trinajstić information content (AvgIpc) is 3.19. The van der Waals surface area contributed by atoms with Crippen LogP contribution in [0.25, 0.3) is 0 Å². The summed E-state index contributed by atoms with van der Waals surface area (Å²) in [6.45, 7) is 9.05. The monoisotopic (exact) mass is 502 g/mol. The van der Waals surface area contributed by atoms with E-state index in [0.717, 1.165) is 11.1 Å². The predicted octanol–water partition coefficient (Wildman–Crippen LogP) is 4.15. The molecule has 0 bridgehead atoms. The highest BCUT2D eigenvalue weighted by Gasteiger charge is 2.35. The van der Waals surface area contributed by atoms with Gasteiger partial charge >= 0.3 is 6.09 Å². The number of hydrogen-bond donors (Lipinski definition) is 2. The lowest BCUT2D eigenvalue weighted by molar-refractivity contribution is 0.0168. The van der Waals surface area contributed by atoms with E-state index in [2.05, 4.69) is 5.32 Å². The first kappa shape index (κ1) is 26.7. The molecule has 8 nitrogen and oxygen atoms in total. The Labute approximate surface area is 207 Å². The highest BCUT2D eigenvalue weighted by molar-refractivity contribution is 7.91. The van der Waals surface area contributed by atoms with Crippen molar-refractivity contribution in [2.45, 2.75) is 70.2 Å². The molecule has 2 N–H and O–H groups in total. The molecule has 3 rings (SSSR count). The first-order valence-electron chi connectivity index (χ1n) is 11.8. The number of fused-ring (bicyclic) bond motifs is 1. The Morgan fingerprint density at radius 3 is 2.34 bits per heavy atom. The average molecular weight is 503 g/mol. The fourth-order valence-electron chi connectivity index (χ4n) is 4.17. The van der Waals surface area contributed by atoms with Gasteiger partial charge in [0.05, 0.1) is 35.9 Å². The summed E-state index contributed by atoms with van der Waals surface area (Å²) >= 11 is 0. The standard InChI is InChI=1S/C26H34N2O6S/c1-6-23-21-13-10-18(14-19(21)15-28(23)25(31)34-26(3,4)5)24(30)27-22(16-29)17-8-11-20(12-9-17)35(32,33)7-2/h8-14,22-23,29H,6-7,15-16H2,1-5H3,(H,27,30)/t22-,23-/m0/s1. The second-order valence-electron chi connectivity index (χ2n) is 9.63. The second kappa shape index (κ2) is 10.4. The molecule has 35 heavy (non-hydrogen) atoms. The lowest BCUT2D eigenvalue weighted by Gasteiger charge is -2.28. The number of aliphatic hydroxyl groups is 1. The fourth-order valence-corrected chi connectivity index (χ4v) is 5.06. The molecule has 0 aromatic heterocycles. The minimum atomic E-state index is -3.33. The maximum absolute atomic E-state index is 13.0. The van der Waals surface area contributed by atoms with Crippen molar-refractivity contribution < 1.29 is 27.9 Å². The number of rotatable bonds is 7. The van der Waals surface area contributed by atoms with Crippen LogP contribution in [-0.2, 0) is 21.1 Å². The number of hydrogen-bond acceptors (Lipinski definition) is 6. The maximum Gasteiger partial charge on any atom is 0.411 e. The molecule has 2 aromatic rings. The summed E-state index contributed by atoms with van der Waals surface area (Å²) in [6.07, 6.45) is 0.328. The van der Waals surface area contributed by atoms with Gasteiger partial charge in [-0.1, -0.05) is 32.0 Å². The van der Waals surface area contributed by atoms with E-state index >= 15 is 0 Å². The third kappa shape index (κ3) is 6.02. The summed E-state index contributed by atoms with van der Waals surface area (Å²) in [5.41, 5.74) is 2.27. The molecule has 0 radical (unpaired) electrons. The molecule has 0 aliphatic carbocycles. The summed E-state index contributed by atoms with van der Waals surface area (Å²) in [6, 6.07) is 10.7. The highest BCUT2D eigenvalue weighted by Crippen LogP contribution is 2.37. The molecule has 0 fully saturated rings. The van der Waals surface area contributed by atoms with Gasteiger partial charge in [-0.25, -0.2) is 13.2 Å². The smallest absolute Gasteiger partial charge is 0.411 e. The normalized spacial score (nSPS) is 16.5. The second-order valence-corrected chi connectivity index (χ2v) is 11.9. The van der Waals surface area contributed by atoms with Crippen molar-refractivity contribution >= 4 is 21.8 Å². The number of carbonyl (C=O) groups is 2. The van der Waals surface area contributed by atoms with Crippen molar-refractivity contribution in [2.75, 3.05) is 12.4 Å². The molecule has 1 aliphatic heterocycles. The maximum atomic E-state index is 13.0. The third-order valence-electron chi connectivity index (χ3n) is 6.01. The van der Waals surface area contributed by atoms with E-state index in [9.17, 15) is 23.1 Å². The molecule has 0 spiro atoms. The Morgan fingerprint density at radius 1 is 1.14 bits per heavy atom. The SMILES string of the molecule is CC[C@H]1c2ccc(C(=O)N[C@@H](CO)c3ccc(S(=O)(=O)CC)cc3)cc2CN1C(=O)OC(C)(C)C. The van der Waals surface area contributed by atoms with Gasteiger partial charge in [0.15, 0.2) is 9.84 Å². The van der Waals surface area contributed by atoms with Crippen molar-refractivity contribution in [3.63, 3.8) is 0 Å². The summed E-state index contributed by atoms with van der Waals surface area (Å²) in [7, 11) is -3.33. The van der Waals surface area contributed by atoms with Crippen LogP contribution in [0.3, 0.4) is 0 Å². The number of sulfone groups is 1. The van der Waals surface area contributed by atoms with E-state index in [0.29, 0.717) is 24.1 Å². The Balaban J connectivity index is 1.77. The number of amides is 2. The van der Waals surface area contributed by atoms with E-state index < -0.39 is 21.5 Å².